The van der Waals surface area contributed by atoms with Crippen LogP contribution in [0.25, 0.3) is 10.9 Å². The van der Waals surface area contributed by atoms with E-state index in [0.29, 0.717) is 25.4 Å². The van der Waals surface area contributed by atoms with E-state index in [1.807, 2.05) is 48.7 Å². The van der Waals surface area contributed by atoms with Crippen molar-refractivity contribution in [3.05, 3.63) is 54.2 Å². The van der Waals surface area contributed by atoms with E-state index >= 15 is 0 Å². The van der Waals surface area contributed by atoms with Crippen LogP contribution in [0.4, 0.5) is 5.69 Å². The standard InChI is InChI=1S/C19H18N2O3/c1-21(14-6-7-17-18(11-14)24-9-8-23-17)19(22)10-13-12-20-16-5-3-2-4-15(13)16/h2-7,11-12,20H,8-10H2,1H3. The Morgan fingerprint density at radius 1 is 1.12 bits per heavy atom. The van der Waals surface area contributed by atoms with Gasteiger partial charge in [-0.2, -0.15) is 0 Å². The zero-order chi connectivity index (χ0) is 16.5. The summed E-state index contributed by atoms with van der Waals surface area (Å²) in [5.74, 6) is 1.43. The predicted molar refractivity (Wildman–Crippen MR) is 92.8 cm³/mol. The molecule has 4 rings (SSSR count). The first-order chi connectivity index (χ1) is 11.7. The van der Waals surface area contributed by atoms with Gasteiger partial charge in [0.15, 0.2) is 11.5 Å². The normalized spacial score (nSPS) is 13.0. The molecule has 24 heavy (non-hydrogen) atoms. The second-order valence-corrected chi connectivity index (χ2v) is 5.82. The highest BCUT2D eigenvalue weighted by Crippen LogP contribution is 2.34. The molecule has 0 saturated heterocycles. The molecule has 122 valence electrons. The molecular formula is C19H18N2O3. The third-order valence-electron chi connectivity index (χ3n) is 4.30. The highest BCUT2D eigenvalue weighted by molar-refractivity contribution is 5.97. The predicted octanol–water partition coefficient (Wildman–Crippen LogP) is 3.14. The first-order valence-corrected chi connectivity index (χ1v) is 7.93. The Balaban J connectivity index is 1.56. The molecule has 0 radical (unpaired) electrons. The van der Waals surface area contributed by atoms with Gasteiger partial charge < -0.3 is 19.4 Å². The number of benzene rings is 2. The monoisotopic (exact) mass is 322 g/mol. The van der Waals surface area contributed by atoms with Crippen LogP contribution in [0.3, 0.4) is 0 Å². The fraction of sp³-hybridized carbons (Fsp3) is 0.211. The first kappa shape index (κ1) is 14.6. The molecule has 0 bridgehead atoms. The van der Waals surface area contributed by atoms with Gasteiger partial charge in [-0.1, -0.05) is 18.2 Å². The molecule has 1 amide bonds. The van der Waals surface area contributed by atoms with Crippen molar-refractivity contribution in [3.8, 4) is 11.5 Å². The van der Waals surface area contributed by atoms with Crippen molar-refractivity contribution in [2.24, 2.45) is 0 Å². The number of H-pyrrole nitrogens is 1. The van der Waals surface area contributed by atoms with Gasteiger partial charge in [0.25, 0.3) is 0 Å². The lowest BCUT2D eigenvalue weighted by molar-refractivity contribution is -0.117. The average molecular weight is 322 g/mol. The number of nitrogens with one attached hydrogen (secondary N) is 1. The van der Waals surface area contributed by atoms with E-state index in [2.05, 4.69) is 4.98 Å². The Morgan fingerprint density at radius 3 is 2.79 bits per heavy atom. The van der Waals surface area contributed by atoms with E-state index < -0.39 is 0 Å². The van der Waals surface area contributed by atoms with E-state index in [-0.39, 0.29) is 5.91 Å². The third kappa shape index (κ3) is 2.58. The summed E-state index contributed by atoms with van der Waals surface area (Å²) in [5.41, 5.74) is 2.84. The molecule has 1 N–H and O–H groups in total. The molecule has 0 fully saturated rings. The molecule has 5 nitrogen and oxygen atoms in total. The fourth-order valence-corrected chi connectivity index (χ4v) is 2.94. The largest absolute Gasteiger partial charge is 0.486 e. The molecule has 5 heteroatoms. The van der Waals surface area contributed by atoms with Crippen molar-refractivity contribution in [1.82, 2.24) is 4.98 Å². The summed E-state index contributed by atoms with van der Waals surface area (Å²) in [4.78, 5) is 17.5. The van der Waals surface area contributed by atoms with Crippen LogP contribution in [-0.4, -0.2) is 31.2 Å². The minimum atomic E-state index is 0.0245. The second kappa shape index (κ2) is 5.92. The average Bonchev–Trinajstić information content (AvgIpc) is 3.03. The summed E-state index contributed by atoms with van der Waals surface area (Å²) < 4.78 is 11.1. The minimum Gasteiger partial charge on any atom is -0.486 e. The molecule has 2 heterocycles. The van der Waals surface area contributed by atoms with Crippen molar-refractivity contribution in [3.63, 3.8) is 0 Å². The molecule has 3 aromatic rings. The Bertz CT molecular complexity index is 901. The van der Waals surface area contributed by atoms with Gasteiger partial charge in [0.05, 0.1) is 6.42 Å². The number of likely N-dealkylation sites (N-methyl/N-ethyl adjacent to an activating group) is 1. The highest BCUT2D eigenvalue weighted by Gasteiger charge is 2.17. The molecule has 2 aromatic carbocycles. The van der Waals surface area contributed by atoms with Gasteiger partial charge in [0, 0.05) is 35.9 Å². The maximum Gasteiger partial charge on any atom is 0.231 e. The molecule has 0 aliphatic carbocycles. The van der Waals surface area contributed by atoms with Crippen LogP contribution in [0, 0.1) is 0 Å². The second-order valence-electron chi connectivity index (χ2n) is 5.82. The van der Waals surface area contributed by atoms with E-state index in [1.165, 1.54) is 0 Å². The number of amides is 1. The molecule has 0 saturated carbocycles. The lowest BCUT2D eigenvalue weighted by Gasteiger charge is -2.22. The maximum atomic E-state index is 12.7. The minimum absolute atomic E-state index is 0.0245. The van der Waals surface area contributed by atoms with Crippen molar-refractivity contribution in [2.75, 3.05) is 25.2 Å². The van der Waals surface area contributed by atoms with Crippen LogP contribution in [0.1, 0.15) is 5.56 Å². The van der Waals surface area contributed by atoms with Crippen LogP contribution < -0.4 is 14.4 Å². The van der Waals surface area contributed by atoms with E-state index in [4.69, 9.17) is 9.47 Å². The number of carbonyl (C=O) groups is 1. The van der Waals surface area contributed by atoms with Crippen LogP contribution in [-0.2, 0) is 11.2 Å². The molecule has 1 aliphatic rings. The van der Waals surface area contributed by atoms with E-state index in [9.17, 15) is 4.79 Å². The van der Waals surface area contributed by atoms with Crippen LogP contribution in [0.5, 0.6) is 11.5 Å². The number of fused-ring (bicyclic) bond motifs is 2. The molecule has 1 aliphatic heterocycles. The number of carbonyl (C=O) groups excluding carboxylic acids is 1. The number of hydrogen-bond acceptors (Lipinski definition) is 3. The SMILES string of the molecule is CN(C(=O)Cc1c[nH]c2ccccc12)c1ccc2c(c1)OCCO2. The molecular weight excluding hydrogens is 304 g/mol. The zero-order valence-electron chi connectivity index (χ0n) is 13.4. The van der Waals surface area contributed by atoms with Gasteiger partial charge in [-0.25, -0.2) is 0 Å². The fourth-order valence-electron chi connectivity index (χ4n) is 2.94. The van der Waals surface area contributed by atoms with Gasteiger partial charge >= 0.3 is 0 Å². The number of aromatic nitrogens is 1. The Morgan fingerprint density at radius 2 is 1.92 bits per heavy atom. The Hall–Kier alpha value is -2.95. The third-order valence-corrected chi connectivity index (χ3v) is 4.30. The van der Waals surface area contributed by atoms with Crippen molar-refractivity contribution < 1.29 is 14.3 Å². The van der Waals surface area contributed by atoms with E-state index in [0.717, 1.165) is 27.9 Å². The number of hydrogen-bond donors (Lipinski definition) is 1. The van der Waals surface area contributed by atoms with Crippen LogP contribution in [0.15, 0.2) is 48.7 Å². The maximum absolute atomic E-state index is 12.7. The molecule has 0 unspecified atom stereocenters. The summed E-state index contributed by atoms with van der Waals surface area (Å²) in [6.07, 6.45) is 2.25. The highest BCUT2D eigenvalue weighted by atomic mass is 16.6. The number of nitrogens with zero attached hydrogens (tertiary/aromatic N) is 1. The summed E-state index contributed by atoms with van der Waals surface area (Å²) in [5, 5.41) is 1.08. The number of ether oxygens (including phenoxy) is 2. The molecule has 1 aromatic heterocycles. The summed E-state index contributed by atoms with van der Waals surface area (Å²) >= 11 is 0. The lowest BCUT2D eigenvalue weighted by atomic mass is 10.1. The lowest BCUT2D eigenvalue weighted by Crippen LogP contribution is -2.28. The molecule has 0 spiro atoms. The smallest absolute Gasteiger partial charge is 0.231 e. The van der Waals surface area contributed by atoms with Crippen molar-refractivity contribution >= 4 is 22.5 Å². The number of anilines is 1. The number of aromatic amines is 1. The quantitative estimate of drug-likeness (QED) is 0.806. The number of para-hydroxylation sites is 1. The van der Waals surface area contributed by atoms with Crippen molar-refractivity contribution in [2.45, 2.75) is 6.42 Å². The Labute approximate surface area is 139 Å². The van der Waals surface area contributed by atoms with Gasteiger partial charge in [0.1, 0.15) is 13.2 Å². The van der Waals surface area contributed by atoms with Gasteiger partial charge in [0.2, 0.25) is 5.91 Å². The van der Waals surface area contributed by atoms with Gasteiger partial charge in [-0.15, -0.1) is 0 Å². The topological polar surface area (TPSA) is 54.6 Å². The van der Waals surface area contributed by atoms with Gasteiger partial charge in [-0.3, -0.25) is 4.79 Å². The van der Waals surface area contributed by atoms with E-state index in [1.54, 1.807) is 11.9 Å². The van der Waals surface area contributed by atoms with Gasteiger partial charge in [-0.05, 0) is 23.8 Å². The molecule has 0 atom stereocenters. The van der Waals surface area contributed by atoms with Crippen molar-refractivity contribution in [1.29, 1.82) is 0 Å². The number of rotatable bonds is 3. The Kier molecular flexibility index (Phi) is 3.61. The summed E-state index contributed by atoms with van der Waals surface area (Å²) in [6, 6.07) is 13.6. The summed E-state index contributed by atoms with van der Waals surface area (Å²) in [6.45, 7) is 1.09. The zero-order valence-corrected chi connectivity index (χ0v) is 13.4. The first-order valence-electron chi connectivity index (χ1n) is 7.93. The van der Waals surface area contributed by atoms with Crippen LogP contribution in [0.2, 0.25) is 0 Å². The van der Waals surface area contributed by atoms with Crippen LogP contribution >= 0.6 is 0 Å². The summed E-state index contributed by atoms with van der Waals surface area (Å²) in [7, 11) is 1.78.